The Hall–Kier alpha value is -0.170. The Labute approximate surface area is 154 Å². The molecule has 0 fully saturated rings. The molecule has 0 spiro atoms. The molecule has 0 bridgehead atoms. The van der Waals surface area contributed by atoms with Gasteiger partial charge in [0.1, 0.15) is 0 Å². The van der Waals surface area contributed by atoms with E-state index in [0.29, 0.717) is 6.42 Å². The molecule has 3 nitrogen and oxygen atoms in total. The fourth-order valence-electron chi connectivity index (χ4n) is 2.65. The van der Waals surface area contributed by atoms with Crippen LogP contribution in [0.5, 0.6) is 0 Å². The predicted molar refractivity (Wildman–Crippen MR) is 106 cm³/mol. The summed E-state index contributed by atoms with van der Waals surface area (Å²) in [7, 11) is 0. The number of rotatable bonds is 12. The fraction of sp³-hybridized carbons (Fsp3) is 0.684. The Kier molecular flexibility index (Phi) is 10.3. The third-order valence-electron chi connectivity index (χ3n) is 4.46. The second-order valence-electron chi connectivity index (χ2n) is 6.62. The normalized spacial score (nSPS) is 11.9. The van der Waals surface area contributed by atoms with Crippen molar-refractivity contribution < 1.29 is 10.2 Å². The summed E-state index contributed by atoms with van der Waals surface area (Å²) in [6.07, 6.45) is 10.5. The second-order valence-corrected chi connectivity index (χ2v) is 7.78. The first-order valence-electron chi connectivity index (χ1n) is 8.82. The summed E-state index contributed by atoms with van der Waals surface area (Å²) < 4.78 is 1.25. The number of aryl methyl sites for hydroxylation is 2. The van der Waals surface area contributed by atoms with E-state index >= 15 is 0 Å². The number of aliphatic hydroxyl groups excluding tert-OH is 2. The van der Waals surface area contributed by atoms with Crippen molar-refractivity contribution >= 4 is 22.6 Å². The number of unbranched alkanes of at least 4 members (excludes halogenated alkanes) is 5. The number of hydrogen-bond donors (Lipinski definition) is 3. The molecule has 1 aromatic carbocycles. The minimum atomic E-state index is -0.875. The van der Waals surface area contributed by atoms with Gasteiger partial charge in [0.05, 0.1) is 18.8 Å². The first kappa shape index (κ1) is 20.9. The van der Waals surface area contributed by atoms with Gasteiger partial charge in [0.2, 0.25) is 0 Å². The van der Waals surface area contributed by atoms with Crippen molar-refractivity contribution in [2.45, 2.75) is 70.3 Å². The van der Waals surface area contributed by atoms with E-state index in [2.05, 4.69) is 47.7 Å². The van der Waals surface area contributed by atoms with Crippen molar-refractivity contribution in [1.29, 1.82) is 0 Å². The monoisotopic (exact) mass is 429 g/mol. The molecule has 0 aliphatic rings. The van der Waals surface area contributed by atoms with Gasteiger partial charge in [0.25, 0.3) is 0 Å². The summed E-state index contributed by atoms with van der Waals surface area (Å²) in [5, 5.41) is 18.5. The lowest BCUT2D eigenvalue weighted by molar-refractivity contribution is 0.115. The second kappa shape index (κ2) is 11.4. The number of halogens is 1. The minimum Gasteiger partial charge on any atom is -0.394 e. The van der Waals surface area contributed by atoms with Crippen molar-refractivity contribution in [3.8, 4) is 0 Å². The Morgan fingerprint density at radius 1 is 1.00 bits per heavy atom. The zero-order chi connectivity index (χ0) is 17.1. The summed E-state index contributed by atoms with van der Waals surface area (Å²) in [5.41, 5.74) is 7.71. The van der Waals surface area contributed by atoms with Gasteiger partial charge in [-0.05, 0) is 65.5 Å². The Balaban J connectivity index is 2.42. The van der Waals surface area contributed by atoms with E-state index < -0.39 is 5.54 Å². The van der Waals surface area contributed by atoms with Gasteiger partial charge in [-0.15, -0.1) is 0 Å². The molecule has 0 aromatic heterocycles. The standard InChI is InChI=1S/C19H32INO2/c1-2-3-4-5-6-7-8-16-9-10-17(18(20)13-16)11-12-19(21,14-22)15-23/h9-10,13,22-23H,2-8,11-12,14-15,21H2,1H3/i20-4. The zero-order valence-corrected chi connectivity index (χ0v) is 16.5. The molecular weight excluding hydrogens is 397 g/mol. The molecule has 0 radical (unpaired) electrons. The van der Waals surface area contributed by atoms with Crippen LogP contribution in [0.25, 0.3) is 0 Å². The van der Waals surface area contributed by atoms with Gasteiger partial charge in [-0.3, -0.25) is 0 Å². The molecule has 0 heterocycles. The molecule has 0 unspecified atom stereocenters. The molecule has 0 aliphatic carbocycles. The van der Waals surface area contributed by atoms with Gasteiger partial charge >= 0.3 is 0 Å². The van der Waals surface area contributed by atoms with E-state index in [0.717, 1.165) is 12.8 Å². The lowest BCUT2D eigenvalue weighted by Gasteiger charge is -2.24. The maximum atomic E-state index is 9.26. The highest BCUT2D eigenvalue weighted by molar-refractivity contribution is 14.1. The Bertz CT molecular complexity index is 447. The summed E-state index contributed by atoms with van der Waals surface area (Å²) in [5.74, 6) is 0. The molecule has 0 saturated heterocycles. The SMILES string of the molecule is CCCCCCCCc1ccc(CCC(N)(CO)CO)c([123I])c1. The van der Waals surface area contributed by atoms with Crippen LogP contribution in [0.2, 0.25) is 0 Å². The zero-order valence-electron chi connectivity index (χ0n) is 14.4. The van der Waals surface area contributed by atoms with E-state index in [1.54, 1.807) is 0 Å². The van der Waals surface area contributed by atoms with Crippen LogP contribution in [0.4, 0.5) is 0 Å². The quantitative estimate of drug-likeness (QED) is 0.350. The maximum Gasteiger partial charge on any atom is 0.0633 e. The Morgan fingerprint density at radius 3 is 2.26 bits per heavy atom. The van der Waals surface area contributed by atoms with E-state index in [4.69, 9.17) is 5.73 Å². The number of benzene rings is 1. The molecule has 0 amide bonds. The first-order valence-corrected chi connectivity index (χ1v) is 9.90. The third kappa shape index (κ3) is 7.96. The van der Waals surface area contributed by atoms with E-state index in [1.807, 2.05) is 0 Å². The van der Waals surface area contributed by atoms with Crippen molar-refractivity contribution in [2.75, 3.05) is 13.2 Å². The maximum absolute atomic E-state index is 9.26. The average molecular weight is 429 g/mol. The highest BCUT2D eigenvalue weighted by Gasteiger charge is 2.22. The van der Waals surface area contributed by atoms with Gasteiger partial charge in [0, 0.05) is 3.57 Å². The molecule has 1 aromatic rings. The van der Waals surface area contributed by atoms with Crippen molar-refractivity contribution in [3.05, 3.63) is 32.9 Å². The van der Waals surface area contributed by atoms with E-state index in [9.17, 15) is 10.2 Å². The molecular formula is C19H32INO2. The van der Waals surface area contributed by atoms with Crippen LogP contribution in [-0.4, -0.2) is 29.0 Å². The van der Waals surface area contributed by atoms with Crippen LogP contribution in [-0.2, 0) is 12.8 Å². The smallest absolute Gasteiger partial charge is 0.0633 e. The van der Waals surface area contributed by atoms with Crippen LogP contribution in [0.3, 0.4) is 0 Å². The van der Waals surface area contributed by atoms with Crippen LogP contribution >= 0.6 is 22.6 Å². The van der Waals surface area contributed by atoms with Crippen LogP contribution in [0.15, 0.2) is 18.2 Å². The van der Waals surface area contributed by atoms with Crippen molar-refractivity contribution in [1.82, 2.24) is 0 Å². The van der Waals surface area contributed by atoms with Gasteiger partial charge in [0.15, 0.2) is 0 Å². The largest absolute Gasteiger partial charge is 0.394 e. The van der Waals surface area contributed by atoms with Crippen molar-refractivity contribution in [3.63, 3.8) is 0 Å². The first-order chi connectivity index (χ1) is 11.0. The molecule has 23 heavy (non-hydrogen) atoms. The minimum absolute atomic E-state index is 0.184. The number of nitrogens with two attached hydrogens (primary N) is 1. The van der Waals surface area contributed by atoms with E-state index in [1.165, 1.54) is 53.2 Å². The van der Waals surface area contributed by atoms with Crippen molar-refractivity contribution in [2.24, 2.45) is 5.73 Å². The lowest BCUT2D eigenvalue weighted by Crippen LogP contribution is -2.47. The summed E-state index contributed by atoms with van der Waals surface area (Å²) in [6.45, 7) is 1.88. The fourth-order valence-corrected chi connectivity index (χ4v) is 3.50. The summed E-state index contributed by atoms with van der Waals surface area (Å²) in [6, 6.07) is 6.64. The number of aliphatic hydroxyl groups is 2. The predicted octanol–water partition coefficient (Wildman–Crippen LogP) is 3.81. The lowest BCUT2D eigenvalue weighted by atomic mass is 9.93. The third-order valence-corrected chi connectivity index (χ3v) is 5.46. The van der Waals surface area contributed by atoms with Gasteiger partial charge in [-0.2, -0.15) is 0 Å². The van der Waals surface area contributed by atoms with Crippen LogP contribution < -0.4 is 5.73 Å². The molecule has 0 aliphatic heterocycles. The molecule has 0 atom stereocenters. The average Bonchev–Trinajstić information content (AvgIpc) is 2.57. The molecule has 4 N–H and O–H groups in total. The highest BCUT2D eigenvalue weighted by Crippen LogP contribution is 2.20. The highest BCUT2D eigenvalue weighted by atomic mass is 123. The molecule has 0 saturated carbocycles. The molecule has 132 valence electrons. The van der Waals surface area contributed by atoms with Gasteiger partial charge in [-0.25, -0.2) is 0 Å². The van der Waals surface area contributed by atoms with Crippen LogP contribution in [0, 0.1) is 3.57 Å². The van der Waals surface area contributed by atoms with E-state index in [-0.39, 0.29) is 13.2 Å². The number of hydrogen-bond acceptors (Lipinski definition) is 3. The van der Waals surface area contributed by atoms with Crippen LogP contribution in [0.1, 0.15) is 63.0 Å². The topological polar surface area (TPSA) is 66.5 Å². The van der Waals surface area contributed by atoms with Gasteiger partial charge in [-0.1, -0.05) is 51.2 Å². The van der Waals surface area contributed by atoms with Gasteiger partial charge < -0.3 is 15.9 Å². The summed E-state index contributed by atoms with van der Waals surface area (Å²) in [4.78, 5) is 0. The Morgan fingerprint density at radius 2 is 1.65 bits per heavy atom. The molecule has 1 rings (SSSR count). The summed E-state index contributed by atoms with van der Waals surface area (Å²) >= 11 is 2.38. The molecule has 4 heteroatoms.